The van der Waals surface area contributed by atoms with Crippen LogP contribution in [-0.4, -0.2) is 45.2 Å². The molecule has 0 bridgehead atoms. The topological polar surface area (TPSA) is 102 Å². The number of methoxy groups -OCH3 is 1. The molecule has 17 heteroatoms. The van der Waals surface area contributed by atoms with Crippen molar-refractivity contribution in [2.24, 2.45) is 0 Å². The van der Waals surface area contributed by atoms with Crippen LogP contribution in [0.2, 0.25) is 0 Å². The molecule has 6 rings (SSSR count). The van der Waals surface area contributed by atoms with Crippen molar-refractivity contribution in [3.8, 4) is 28.3 Å². The van der Waals surface area contributed by atoms with Crippen LogP contribution in [0, 0.1) is 13.8 Å². The summed E-state index contributed by atoms with van der Waals surface area (Å²) in [4.78, 5) is 34.2. The number of carboxylic acid groups (broad SMARTS) is 1. The first kappa shape index (κ1) is 36.2. The molecule has 4 aromatic rings. The highest BCUT2D eigenvalue weighted by molar-refractivity contribution is 5.90. The Morgan fingerprint density at radius 3 is 1.94 bits per heavy atom. The van der Waals surface area contributed by atoms with Gasteiger partial charge in [0.1, 0.15) is 0 Å². The number of benzene rings is 2. The fourth-order valence-electron chi connectivity index (χ4n) is 6.52. The molecule has 0 aliphatic carbocycles. The minimum atomic E-state index is -5.19. The van der Waals surface area contributed by atoms with Gasteiger partial charge in [-0.3, -0.25) is 9.88 Å². The van der Waals surface area contributed by atoms with Gasteiger partial charge in [0.15, 0.2) is 6.10 Å². The molecule has 2 aromatic heterocycles. The molecule has 52 heavy (non-hydrogen) atoms. The Kier molecular flexibility index (Phi) is 8.74. The number of cyclic esters (lactones) is 1. The maximum Gasteiger partial charge on any atom is 0.417 e. The van der Waals surface area contributed by atoms with Gasteiger partial charge in [0.05, 0.1) is 52.7 Å². The molecule has 272 valence electrons. The molecule has 8 nitrogen and oxygen atoms in total. The Labute approximate surface area is 288 Å². The molecule has 0 unspecified atom stereocenters. The van der Waals surface area contributed by atoms with E-state index >= 15 is 0 Å². The van der Waals surface area contributed by atoms with Crippen molar-refractivity contribution in [2.75, 3.05) is 7.11 Å². The number of hydrogen-bond donors (Lipinski definition) is 1. The summed E-state index contributed by atoms with van der Waals surface area (Å²) in [5, 5.41) is 9.47. The van der Waals surface area contributed by atoms with Crippen molar-refractivity contribution >= 4 is 12.1 Å². The third-order valence-electron chi connectivity index (χ3n) is 8.73. The number of halogens is 9. The number of pyridine rings is 2. The number of fused-ring (bicyclic) bond motifs is 1. The summed E-state index contributed by atoms with van der Waals surface area (Å²) in [5.74, 6) is -1.26. The van der Waals surface area contributed by atoms with Crippen LogP contribution in [0.15, 0.2) is 67.0 Å². The summed E-state index contributed by atoms with van der Waals surface area (Å²) in [6.07, 6.45) is -13.7. The zero-order valence-electron chi connectivity index (χ0n) is 26.9. The molecular formula is C35H24F9N3O5. The van der Waals surface area contributed by atoms with E-state index in [9.17, 15) is 54.2 Å². The monoisotopic (exact) mass is 737 g/mol. The van der Waals surface area contributed by atoms with Gasteiger partial charge in [0.2, 0.25) is 5.88 Å². The van der Waals surface area contributed by atoms with Crippen molar-refractivity contribution < 1.29 is 63.7 Å². The first-order chi connectivity index (χ1) is 24.2. The first-order valence-electron chi connectivity index (χ1n) is 15.1. The Balaban J connectivity index is 1.48. The van der Waals surface area contributed by atoms with Crippen LogP contribution in [0.5, 0.6) is 5.88 Å². The molecule has 0 saturated carbocycles. The zero-order chi connectivity index (χ0) is 38.1. The lowest BCUT2D eigenvalue weighted by atomic mass is 9.92. The second-order valence-electron chi connectivity index (χ2n) is 12.1. The fourth-order valence-corrected chi connectivity index (χ4v) is 6.52. The van der Waals surface area contributed by atoms with Gasteiger partial charge >= 0.3 is 30.6 Å². The molecule has 0 spiro atoms. The number of nitrogens with zero attached hydrogens (tertiary/aromatic N) is 3. The maximum atomic E-state index is 14.1. The Hall–Kier alpha value is -5.61. The minimum absolute atomic E-state index is 0.0188. The molecule has 1 N–H and O–H groups in total. The van der Waals surface area contributed by atoms with Gasteiger partial charge in [-0.1, -0.05) is 12.2 Å². The van der Waals surface area contributed by atoms with Crippen LogP contribution in [-0.2, 0) is 23.3 Å². The van der Waals surface area contributed by atoms with Crippen molar-refractivity contribution in [1.29, 1.82) is 0 Å². The highest BCUT2D eigenvalue weighted by Crippen LogP contribution is 2.49. The lowest BCUT2D eigenvalue weighted by Gasteiger charge is -2.26. The standard InChI is InChI=1S/C35H24F9N3O5/c1-15-6-18(31(48)49)7-16(2)27(15)19-10-24(30(51-3)46-13-19)28-23(12-22(14-45-28)35(42,43)44)25-4-5-26-29(52-32(50)47(25)26)17-8-20(33(36,37)38)11-21(9-17)34(39,40)41/h4-14,25-26,29H,1-3H3,(H,48,49)/t25-,26-,29+/m0/s1. The normalized spacial score (nSPS) is 18.8. The van der Waals surface area contributed by atoms with E-state index in [1.54, 1.807) is 13.8 Å². The number of carbonyl (C=O) groups is 2. The summed E-state index contributed by atoms with van der Waals surface area (Å²) in [7, 11) is 1.24. The number of hydrogen-bond acceptors (Lipinski definition) is 6. The molecular weight excluding hydrogens is 713 g/mol. The fraction of sp³-hybridized carbons (Fsp3) is 0.257. The highest BCUT2D eigenvalue weighted by atomic mass is 19.4. The van der Waals surface area contributed by atoms with E-state index < -0.39 is 71.0 Å². The van der Waals surface area contributed by atoms with Crippen LogP contribution >= 0.6 is 0 Å². The second-order valence-corrected chi connectivity index (χ2v) is 12.1. The number of carbonyl (C=O) groups excluding carboxylic acids is 1. The zero-order valence-corrected chi connectivity index (χ0v) is 26.9. The number of aromatic carboxylic acids is 1. The summed E-state index contributed by atoms with van der Waals surface area (Å²) in [6.45, 7) is 3.31. The lowest BCUT2D eigenvalue weighted by molar-refractivity contribution is -0.143. The van der Waals surface area contributed by atoms with E-state index in [-0.39, 0.29) is 34.3 Å². The molecule has 1 amide bonds. The third kappa shape index (κ3) is 6.50. The maximum absolute atomic E-state index is 14.1. The molecule has 3 atom stereocenters. The van der Waals surface area contributed by atoms with Gasteiger partial charge in [0.25, 0.3) is 0 Å². The summed E-state index contributed by atoms with van der Waals surface area (Å²) < 4.78 is 135. The number of alkyl halides is 9. The molecule has 0 radical (unpaired) electrons. The van der Waals surface area contributed by atoms with Crippen LogP contribution in [0.3, 0.4) is 0 Å². The largest absolute Gasteiger partial charge is 0.481 e. The van der Waals surface area contributed by atoms with Gasteiger partial charge < -0.3 is 14.6 Å². The molecule has 2 aliphatic heterocycles. The van der Waals surface area contributed by atoms with Crippen molar-refractivity contribution in [2.45, 2.75) is 50.6 Å². The van der Waals surface area contributed by atoms with Crippen molar-refractivity contribution in [3.05, 3.63) is 112 Å². The third-order valence-corrected chi connectivity index (χ3v) is 8.73. The molecule has 2 aliphatic rings. The van der Waals surface area contributed by atoms with Gasteiger partial charge in [-0.15, -0.1) is 0 Å². The van der Waals surface area contributed by atoms with Crippen LogP contribution in [0.4, 0.5) is 44.3 Å². The summed E-state index contributed by atoms with van der Waals surface area (Å²) >= 11 is 0. The predicted molar refractivity (Wildman–Crippen MR) is 164 cm³/mol. The van der Waals surface area contributed by atoms with Crippen molar-refractivity contribution in [3.63, 3.8) is 0 Å². The van der Waals surface area contributed by atoms with Gasteiger partial charge in [-0.05, 0) is 78.6 Å². The average molecular weight is 738 g/mol. The van der Waals surface area contributed by atoms with Crippen LogP contribution < -0.4 is 4.74 Å². The van der Waals surface area contributed by atoms with Crippen LogP contribution in [0.25, 0.3) is 22.4 Å². The number of rotatable bonds is 6. The average Bonchev–Trinajstić information content (AvgIpc) is 3.63. The molecule has 1 fully saturated rings. The van der Waals surface area contributed by atoms with E-state index in [2.05, 4.69) is 9.97 Å². The number of aryl methyl sites for hydroxylation is 2. The Morgan fingerprint density at radius 2 is 1.40 bits per heavy atom. The molecule has 1 saturated heterocycles. The van der Waals surface area contributed by atoms with E-state index in [0.717, 1.165) is 11.0 Å². The number of ether oxygens (including phenoxy) is 2. The van der Waals surface area contributed by atoms with Gasteiger partial charge in [0, 0.05) is 23.5 Å². The van der Waals surface area contributed by atoms with E-state index in [1.807, 2.05) is 0 Å². The van der Waals surface area contributed by atoms with E-state index in [1.165, 1.54) is 43.7 Å². The Morgan fingerprint density at radius 1 is 0.808 bits per heavy atom. The predicted octanol–water partition coefficient (Wildman–Crippen LogP) is 9.36. The highest BCUT2D eigenvalue weighted by Gasteiger charge is 2.50. The minimum Gasteiger partial charge on any atom is -0.481 e. The van der Waals surface area contributed by atoms with Gasteiger partial charge in [-0.2, -0.15) is 39.5 Å². The first-order valence-corrected chi connectivity index (χ1v) is 15.1. The SMILES string of the molecule is COc1ncc(-c2c(C)cc(C(=O)O)cc2C)cc1-c1ncc(C(F)(F)F)cc1[C@@H]1C=C[C@H]2[C@@H](c3cc(C(F)(F)F)cc(C(F)(F)F)c3)OC(=O)N12. The number of aromatic nitrogens is 2. The smallest absolute Gasteiger partial charge is 0.417 e. The number of carboxylic acids is 1. The van der Waals surface area contributed by atoms with Crippen molar-refractivity contribution in [1.82, 2.24) is 14.9 Å². The second kappa shape index (κ2) is 12.6. The summed E-state index contributed by atoms with van der Waals surface area (Å²) in [6, 6.07) is 3.12. The molecule has 4 heterocycles. The van der Waals surface area contributed by atoms with E-state index in [0.29, 0.717) is 40.6 Å². The van der Waals surface area contributed by atoms with Crippen LogP contribution in [0.1, 0.15) is 61.4 Å². The quantitative estimate of drug-likeness (QED) is 0.156. The van der Waals surface area contributed by atoms with E-state index in [4.69, 9.17) is 9.47 Å². The Bertz CT molecular complexity index is 2090. The summed E-state index contributed by atoms with van der Waals surface area (Å²) in [5.41, 5.74) is -3.42. The molecule has 2 aromatic carbocycles. The number of amides is 1. The lowest BCUT2D eigenvalue weighted by Crippen LogP contribution is -2.32. The van der Waals surface area contributed by atoms with Gasteiger partial charge in [-0.25, -0.2) is 14.6 Å².